The number of carbonyl (C=O) groups excluding carboxylic acids is 1. The van der Waals surface area contributed by atoms with Crippen molar-refractivity contribution in [2.75, 3.05) is 38.6 Å². The number of hydrogen-bond acceptors (Lipinski definition) is 4. The van der Waals surface area contributed by atoms with Crippen LogP contribution in [0.25, 0.3) is 0 Å². The number of nitrogens with one attached hydrogen (secondary N) is 1. The van der Waals surface area contributed by atoms with E-state index < -0.39 is 0 Å². The van der Waals surface area contributed by atoms with Crippen LogP contribution < -0.4 is 11.1 Å². The van der Waals surface area contributed by atoms with Crippen LogP contribution in [0.2, 0.25) is 0 Å². The monoisotopic (exact) mass is 403 g/mol. The van der Waals surface area contributed by atoms with Crippen molar-refractivity contribution in [1.29, 1.82) is 0 Å². The topological polar surface area (TPSA) is 67.6 Å². The summed E-state index contributed by atoms with van der Waals surface area (Å²) in [7, 11) is 0. The van der Waals surface area contributed by atoms with Crippen LogP contribution in [-0.4, -0.2) is 49.2 Å². The second-order valence-corrected chi connectivity index (χ2v) is 7.08. The van der Waals surface area contributed by atoms with Gasteiger partial charge in [0.1, 0.15) is 0 Å². The van der Waals surface area contributed by atoms with Crippen molar-refractivity contribution in [3.05, 3.63) is 29.8 Å². The van der Waals surface area contributed by atoms with Crippen molar-refractivity contribution < 1.29 is 9.53 Å². The highest BCUT2D eigenvalue weighted by atomic mass is 35.5. The molecule has 0 spiro atoms. The van der Waals surface area contributed by atoms with Crippen LogP contribution in [0.1, 0.15) is 37.7 Å². The van der Waals surface area contributed by atoms with Crippen molar-refractivity contribution in [1.82, 2.24) is 10.2 Å². The highest BCUT2D eigenvalue weighted by Gasteiger charge is 2.39. The molecule has 0 aliphatic carbocycles. The number of nitrogens with two attached hydrogens (primary N) is 1. The van der Waals surface area contributed by atoms with Crippen molar-refractivity contribution in [3.8, 4) is 0 Å². The first kappa shape index (κ1) is 23.0. The Morgan fingerprint density at radius 2 is 1.69 bits per heavy atom. The Kier molecular flexibility index (Phi) is 9.72. The maximum Gasteiger partial charge on any atom is 0.224 e. The molecule has 1 aromatic rings. The summed E-state index contributed by atoms with van der Waals surface area (Å²) < 4.78 is 5.58. The quantitative estimate of drug-likeness (QED) is 0.741. The first-order valence-corrected chi connectivity index (χ1v) is 9.12. The zero-order chi connectivity index (χ0) is 16.8. The van der Waals surface area contributed by atoms with Crippen LogP contribution in [0.3, 0.4) is 0 Å². The number of nitrogen functional groups attached to an aromatic ring is 1. The van der Waals surface area contributed by atoms with Gasteiger partial charge in [0.15, 0.2) is 0 Å². The summed E-state index contributed by atoms with van der Waals surface area (Å²) in [6.45, 7) is 4.61. The van der Waals surface area contributed by atoms with Gasteiger partial charge in [-0.15, -0.1) is 24.8 Å². The normalized spacial score (nSPS) is 19.7. The van der Waals surface area contributed by atoms with Crippen LogP contribution in [0.5, 0.6) is 0 Å². The fourth-order valence-electron chi connectivity index (χ4n) is 3.87. The highest BCUT2D eigenvalue weighted by Crippen LogP contribution is 2.30. The van der Waals surface area contributed by atoms with Crippen molar-refractivity contribution >= 4 is 36.4 Å². The van der Waals surface area contributed by atoms with E-state index in [1.807, 2.05) is 24.3 Å². The van der Waals surface area contributed by atoms with Crippen LogP contribution in [-0.2, 0) is 16.0 Å². The molecule has 2 heterocycles. The third kappa shape index (κ3) is 6.02. The molecule has 3 rings (SSSR count). The van der Waals surface area contributed by atoms with Crippen LogP contribution in [0.15, 0.2) is 24.3 Å². The number of benzene rings is 1. The second kappa shape index (κ2) is 11.0. The molecule has 2 saturated heterocycles. The molecule has 0 bridgehead atoms. The lowest BCUT2D eigenvalue weighted by molar-refractivity contribution is -0.122. The number of carbonyl (C=O) groups is 1. The average Bonchev–Trinajstić information content (AvgIpc) is 2.63. The summed E-state index contributed by atoms with van der Waals surface area (Å²) in [6.07, 6.45) is 6.29. The largest absolute Gasteiger partial charge is 0.399 e. The van der Waals surface area contributed by atoms with Gasteiger partial charge in [-0.05, 0) is 56.5 Å². The van der Waals surface area contributed by atoms with Crippen LogP contribution in [0, 0.1) is 0 Å². The molecular formula is C19H31Cl2N3O2. The van der Waals surface area contributed by atoms with Gasteiger partial charge in [-0.25, -0.2) is 0 Å². The summed E-state index contributed by atoms with van der Waals surface area (Å²) in [4.78, 5) is 15.0. The van der Waals surface area contributed by atoms with Crippen molar-refractivity contribution in [2.45, 2.75) is 44.1 Å². The standard InChI is InChI=1S/C19H29N3O2.2ClH/c20-17-6-4-16(5-7-17)14-18(23)21-15-19(8-12-24-13-9-19)22-10-2-1-3-11-22;;/h4-7H,1-3,8-15,20H2,(H,21,23);2*1H. The smallest absolute Gasteiger partial charge is 0.224 e. The third-order valence-corrected chi connectivity index (χ3v) is 5.41. The van der Waals surface area contributed by atoms with E-state index in [0.29, 0.717) is 6.42 Å². The van der Waals surface area contributed by atoms with Gasteiger partial charge in [-0.1, -0.05) is 18.6 Å². The molecule has 5 nitrogen and oxygen atoms in total. The Morgan fingerprint density at radius 1 is 1.08 bits per heavy atom. The van der Waals surface area contributed by atoms with Gasteiger partial charge in [0.25, 0.3) is 0 Å². The minimum atomic E-state index is 0. The molecule has 2 fully saturated rings. The Bertz CT molecular complexity index is 542. The van der Waals surface area contributed by atoms with E-state index in [1.165, 1.54) is 19.3 Å². The van der Waals surface area contributed by atoms with Crippen LogP contribution in [0.4, 0.5) is 5.69 Å². The molecule has 3 N–H and O–H groups in total. The number of amides is 1. The zero-order valence-corrected chi connectivity index (χ0v) is 16.9. The van der Waals surface area contributed by atoms with E-state index in [1.54, 1.807) is 0 Å². The number of anilines is 1. The Labute approximate surface area is 168 Å². The van der Waals surface area contributed by atoms with E-state index >= 15 is 0 Å². The molecular weight excluding hydrogens is 373 g/mol. The summed E-state index contributed by atoms with van der Waals surface area (Å²) >= 11 is 0. The summed E-state index contributed by atoms with van der Waals surface area (Å²) in [5.74, 6) is 0.0858. The van der Waals surface area contributed by atoms with Gasteiger partial charge >= 0.3 is 0 Å². The molecule has 1 amide bonds. The zero-order valence-electron chi connectivity index (χ0n) is 15.2. The summed E-state index contributed by atoms with van der Waals surface area (Å²) in [5.41, 5.74) is 7.50. The van der Waals surface area contributed by atoms with Crippen molar-refractivity contribution in [2.24, 2.45) is 0 Å². The number of likely N-dealkylation sites (tertiary alicyclic amines) is 1. The molecule has 1 aromatic carbocycles. The van der Waals surface area contributed by atoms with E-state index in [9.17, 15) is 4.79 Å². The van der Waals surface area contributed by atoms with Crippen LogP contribution >= 0.6 is 24.8 Å². The first-order valence-electron chi connectivity index (χ1n) is 9.12. The fraction of sp³-hybridized carbons (Fsp3) is 0.632. The third-order valence-electron chi connectivity index (χ3n) is 5.41. The van der Waals surface area contributed by atoms with Crippen molar-refractivity contribution in [3.63, 3.8) is 0 Å². The lowest BCUT2D eigenvalue weighted by atomic mass is 9.86. The average molecular weight is 404 g/mol. The predicted octanol–water partition coefficient (Wildman–Crippen LogP) is 2.81. The number of hydrogen-bond donors (Lipinski definition) is 2. The molecule has 0 radical (unpaired) electrons. The molecule has 0 unspecified atom stereocenters. The molecule has 7 heteroatoms. The van der Waals surface area contributed by atoms with E-state index in [4.69, 9.17) is 10.5 Å². The lowest BCUT2D eigenvalue weighted by Gasteiger charge is -2.48. The summed E-state index contributed by atoms with van der Waals surface area (Å²) in [6, 6.07) is 7.53. The van der Waals surface area contributed by atoms with E-state index in [-0.39, 0.29) is 36.3 Å². The first-order chi connectivity index (χ1) is 11.7. The number of nitrogens with zero attached hydrogens (tertiary/aromatic N) is 1. The minimum absolute atomic E-state index is 0. The number of halogens is 2. The van der Waals surface area contributed by atoms with Gasteiger partial charge in [-0.3, -0.25) is 9.69 Å². The van der Waals surface area contributed by atoms with E-state index in [0.717, 1.165) is 56.9 Å². The van der Waals surface area contributed by atoms with Gasteiger partial charge in [0.2, 0.25) is 5.91 Å². The maximum atomic E-state index is 12.4. The SMILES string of the molecule is Cl.Cl.Nc1ccc(CC(=O)NCC2(N3CCCCC3)CCOCC2)cc1. The van der Waals surface area contributed by atoms with Gasteiger partial charge < -0.3 is 15.8 Å². The maximum absolute atomic E-state index is 12.4. The molecule has 0 atom stereocenters. The molecule has 148 valence electrons. The fourth-order valence-corrected chi connectivity index (χ4v) is 3.87. The second-order valence-electron chi connectivity index (χ2n) is 7.08. The molecule has 2 aliphatic rings. The van der Waals surface area contributed by atoms with Gasteiger partial charge in [0, 0.05) is 31.0 Å². The van der Waals surface area contributed by atoms with Gasteiger partial charge in [0.05, 0.1) is 6.42 Å². The molecule has 0 saturated carbocycles. The lowest BCUT2D eigenvalue weighted by Crippen LogP contribution is -2.59. The van der Waals surface area contributed by atoms with E-state index in [2.05, 4.69) is 10.2 Å². The minimum Gasteiger partial charge on any atom is -0.399 e. The Hall–Kier alpha value is -1.01. The number of rotatable bonds is 5. The number of piperidine rings is 1. The Morgan fingerprint density at radius 3 is 2.31 bits per heavy atom. The summed E-state index contributed by atoms with van der Waals surface area (Å²) in [5, 5.41) is 3.19. The molecule has 26 heavy (non-hydrogen) atoms. The Balaban J connectivity index is 0.00000169. The highest BCUT2D eigenvalue weighted by molar-refractivity contribution is 5.85. The number of ether oxygens (including phenoxy) is 1. The molecule has 0 aromatic heterocycles. The predicted molar refractivity (Wildman–Crippen MR) is 110 cm³/mol. The molecule has 2 aliphatic heterocycles. The van der Waals surface area contributed by atoms with Gasteiger partial charge in [-0.2, -0.15) is 0 Å².